The Morgan fingerprint density at radius 2 is 1.09 bits per heavy atom. The van der Waals surface area contributed by atoms with Gasteiger partial charge in [-0.2, -0.15) is 0 Å². The van der Waals surface area contributed by atoms with Gasteiger partial charge in [-0.25, -0.2) is 9.98 Å². The lowest BCUT2D eigenvalue weighted by atomic mass is 9.81. The molecule has 13 aromatic carbocycles. The van der Waals surface area contributed by atoms with E-state index in [1.807, 2.05) is 6.34 Å². The van der Waals surface area contributed by atoms with Crippen molar-refractivity contribution in [1.29, 1.82) is 0 Å². The second kappa shape index (κ2) is 19.5. The van der Waals surface area contributed by atoms with Crippen molar-refractivity contribution in [3.63, 3.8) is 0 Å². The van der Waals surface area contributed by atoms with Crippen LogP contribution in [0.15, 0.2) is 285 Å². The van der Waals surface area contributed by atoms with Gasteiger partial charge in [0.1, 0.15) is 29.8 Å². The highest BCUT2D eigenvalue weighted by atomic mass is 16.3. The van der Waals surface area contributed by atoms with Crippen LogP contribution in [0.1, 0.15) is 30.5 Å². The van der Waals surface area contributed by atoms with Gasteiger partial charge in [0.05, 0.1) is 29.3 Å². The quantitative estimate of drug-likeness (QED) is 0.149. The normalized spacial score (nSPS) is 15.4. The van der Waals surface area contributed by atoms with Gasteiger partial charge in [-0.05, 0) is 166 Å². The third-order valence-corrected chi connectivity index (χ3v) is 20.4. The summed E-state index contributed by atoms with van der Waals surface area (Å²) in [5.41, 5.74) is 25.7. The lowest BCUT2D eigenvalue weighted by molar-refractivity contribution is 0.660. The van der Waals surface area contributed by atoms with E-state index in [1.165, 1.54) is 55.6 Å². The van der Waals surface area contributed by atoms with Gasteiger partial charge in [0, 0.05) is 60.7 Å². The number of furan rings is 2. The monoisotopic (exact) mass is 1190 g/mol. The molecule has 0 saturated heterocycles. The highest BCUT2D eigenvalue weighted by Gasteiger charge is 2.36. The molecule has 2 aliphatic heterocycles. The first-order valence-electron chi connectivity index (χ1n) is 32.0. The predicted octanol–water partition coefficient (Wildman–Crippen LogP) is 22.4. The third-order valence-electron chi connectivity index (χ3n) is 20.4. The summed E-state index contributed by atoms with van der Waals surface area (Å²) in [6.45, 7) is 5.11. The van der Waals surface area contributed by atoms with Crippen LogP contribution >= 0.6 is 0 Å². The molecule has 2 aliphatic carbocycles. The van der Waals surface area contributed by atoms with E-state index in [0.29, 0.717) is 6.67 Å². The average molecular weight is 1190 g/mol. The number of pyridine rings is 1. The van der Waals surface area contributed by atoms with E-state index >= 15 is 0 Å². The lowest BCUT2D eigenvalue weighted by Gasteiger charge is -2.38. The van der Waals surface area contributed by atoms with Gasteiger partial charge in [-0.3, -0.25) is 4.99 Å². The van der Waals surface area contributed by atoms with Gasteiger partial charge in [0.15, 0.2) is 5.58 Å². The summed E-state index contributed by atoms with van der Waals surface area (Å²) in [7, 11) is 0. The number of hydrogen-bond acceptors (Lipinski definition) is 7. The van der Waals surface area contributed by atoms with Crippen molar-refractivity contribution in [2.24, 2.45) is 9.98 Å². The second-order valence-electron chi connectivity index (χ2n) is 25.8. The molecular weight excluding hydrogens is 1130 g/mol. The zero-order chi connectivity index (χ0) is 61.2. The van der Waals surface area contributed by atoms with Crippen LogP contribution in [0.3, 0.4) is 0 Å². The van der Waals surface area contributed by atoms with Gasteiger partial charge in [-0.15, -0.1) is 0 Å². The zero-order valence-corrected chi connectivity index (χ0v) is 50.9. The van der Waals surface area contributed by atoms with Crippen LogP contribution in [0.4, 0.5) is 17.1 Å². The van der Waals surface area contributed by atoms with E-state index in [2.05, 4.69) is 301 Å². The maximum atomic E-state index is 7.66. The zero-order valence-electron chi connectivity index (χ0n) is 50.9. The Hall–Kier alpha value is -11.9. The molecule has 5 heterocycles. The van der Waals surface area contributed by atoms with Gasteiger partial charge in [0.25, 0.3) is 0 Å². The molecule has 0 amide bonds. The molecule has 7 heteroatoms. The smallest absolute Gasteiger partial charge is 0.159 e. The topological polar surface area (TPSA) is 70.4 Å². The molecule has 0 saturated carbocycles. The van der Waals surface area contributed by atoms with E-state index in [1.54, 1.807) is 6.34 Å². The number of aromatic nitrogens is 1. The summed E-state index contributed by atoms with van der Waals surface area (Å²) in [4.78, 5) is 19.3. The van der Waals surface area contributed by atoms with Crippen LogP contribution in [-0.4, -0.2) is 30.4 Å². The molecule has 436 valence electrons. The molecule has 0 bridgehead atoms. The van der Waals surface area contributed by atoms with E-state index in [-0.39, 0.29) is 11.5 Å². The first kappa shape index (κ1) is 51.9. The summed E-state index contributed by atoms with van der Waals surface area (Å²) in [6, 6.07) is 86.8. The number of aliphatic imine (C=N–C) groups is 2. The lowest BCUT2D eigenvalue weighted by Crippen LogP contribution is -2.34. The van der Waals surface area contributed by atoms with E-state index in [4.69, 9.17) is 13.8 Å². The number of para-hydroxylation sites is 1. The summed E-state index contributed by atoms with van der Waals surface area (Å²) in [6.07, 6.45) is 14.7. The molecule has 4 aliphatic rings. The maximum Gasteiger partial charge on any atom is 0.159 e. The molecule has 3 aromatic heterocycles. The van der Waals surface area contributed by atoms with Crippen molar-refractivity contribution in [3.8, 4) is 66.9 Å². The predicted molar refractivity (Wildman–Crippen MR) is 388 cm³/mol. The van der Waals surface area contributed by atoms with Gasteiger partial charge in [0.2, 0.25) is 0 Å². The Bertz CT molecular complexity index is 6080. The second-order valence-corrected chi connectivity index (χ2v) is 25.8. The number of benzene rings is 12. The standard InChI is InChI=1S/C86H55N5O2/c1-86(2)71-25-13-11-22-62(71)63-34-32-54(43-72(63)86)60-20-8-7-19-59(60)52-30-28-51(29-31-52)56-42-69-66-37-39-76(90-48-87-47-88-49-90)85-82(66)80-70(45-58(46-78(80)93-85)91-74-27-15-6-18-55(74)41-57-40-53(33-38-75(57)91)50-16-4-3-5-17-50)65-35-36-68(84-81(65)79(69)77(44-56)92-84)83-67-24-10-9-21-61(67)64-23-12-14-26-73(64)89-83/h3-48,74H,49H2,1-2H3. The third kappa shape index (κ3) is 7.62. The molecule has 0 spiro atoms. The Labute approximate surface area is 535 Å². The fourth-order valence-corrected chi connectivity index (χ4v) is 16.1. The average Bonchev–Trinajstić information content (AvgIpc) is 1.59. The maximum absolute atomic E-state index is 7.66. The minimum absolute atomic E-state index is 0.0736. The Morgan fingerprint density at radius 3 is 1.92 bits per heavy atom. The van der Waals surface area contributed by atoms with Crippen LogP contribution in [0, 0.1) is 0 Å². The van der Waals surface area contributed by atoms with E-state index < -0.39 is 0 Å². The number of allylic oxidation sites excluding steroid dienone is 2. The van der Waals surface area contributed by atoms with Crippen LogP contribution in [0.5, 0.6) is 0 Å². The van der Waals surface area contributed by atoms with Crippen molar-refractivity contribution < 1.29 is 8.83 Å². The summed E-state index contributed by atoms with van der Waals surface area (Å²) >= 11 is 0. The van der Waals surface area contributed by atoms with E-state index in [0.717, 1.165) is 138 Å². The molecule has 16 aromatic rings. The fraction of sp³-hybridized carbons (Fsp3) is 0.0581. The summed E-state index contributed by atoms with van der Waals surface area (Å²) in [5, 5.41) is 11.6. The molecule has 93 heavy (non-hydrogen) atoms. The van der Waals surface area contributed by atoms with Gasteiger partial charge >= 0.3 is 0 Å². The first-order valence-corrected chi connectivity index (χ1v) is 32.0. The van der Waals surface area contributed by atoms with Crippen LogP contribution < -0.4 is 9.80 Å². The molecule has 1 atom stereocenters. The van der Waals surface area contributed by atoms with Crippen molar-refractivity contribution in [2.45, 2.75) is 25.3 Å². The first-order chi connectivity index (χ1) is 45.9. The number of nitrogens with zero attached hydrogens (tertiary/aromatic N) is 5. The Balaban J connectivity index is 0.836. The van der Waals surface area contributed by atoms with Crippen molar-refractivity contribution in [3.05, 3.63) is 283 Å². The molecule has 0 fully saturated rings. The number of anilines is 3. The molecule has 1 unspecified atom stereocenters. The summed E-state index contributed by atoms with van der Waals surface area (Å²) in [5.74, 6) is 0. The number of fused-ring (bicyclic) bond motifs is 10. The van der Waals surface area contributed by atoms with Crippen molar-refractivity contribution in [2.75, 3.05) is 16.5 Å². The van der Waals surface area contributed by atoms with Crippen LogP contribution in [-0.2, 0) is 5.41 Å². The fourth-order valence-electron chi connectivity index (χ4n) is 16.1. The van der Waals surface area contributed by atoms with Crippen LogP contribution in [0.25, 0.3) is 160 Å². The summed E-state index contributed by atoms with van der Waals surface area (Å²) < 4.78 is 15.2. The number of hydrogen-bond donors (Lipinski definition) is 0. The molecular formula is C86H55N5O2. The molecule has 7 nitrogen and oxygen atoms in total. The van der Waals surface area contributed by atoms with Gasteiger partial charge < -0.3 is 18.6 Å². The van der Waals surface area contributed by atoms with Crippen LogP contribution in [0.2, 0.25) is 0 Å². The molecule has 0 N–H and O–H groups in total. The SMILES string of the molecule is CC1(C)c2ccccc2-c2ccc(-c3ccccc3-c3ccc(-c4cc5oc6c(-c7nc8ccccc8c8ccccc78)ccc7c8cc(N9c%10ccc(-c%11ccccc%11)cc%10C=C%10C=CC=CC%109)cc9oc%10c(N%11C=NC=NC%11)ccc(c(c4)c5c67)c%10c98)cc3)cc21. The highest BCUT2D eigenvalue weighted by Crippen LogP contribution is 2.54. The molecule has 0 radical (unpaired) electrons. The number of rotatable bonds is 7. The largest absolute Gasteiger partial charge is 0.455 e. The minimum atomic E-state index is -0.105. The van der Waals surface area contributed by atoms with Crippen molar-refractivity contribution in [1.82, 2.24) is 4.98 Å². The Morgan fingerprint density at radius 1 is 0.441 bits per heavy atom. The van der Waals surface area contributed by atoms with Gasteiger partial charge in [-0.1, -0.05) is 214 Å². The van der Waals surface area contributed by atoms with Crippen molar-refractivity contribution >= 4 is 123 Å². The highest BCUT2D eigenvalue weighted by molar-refractivity contribution is 6.39. The Kier molecular flexibility index (Phi) is 10.9. The minimum Gasteiger partial charge on any atom is -0.455 e. The molecule has 20 rings (SSSR count). The van der Waals surface area contributed by atoms with E-state index in [9.17, 15) is 0 Å².